The molecule has 3 N–H and O–H groups in total. The van der Waals surface area contributed by atoms with Crippen LogP contribution in [0.15, 0.2) is 53.5 Å². The van der Waals surface area contributed by atoms with Gasteiger partial charge in [0.05, 0.1) is 11.1 Å². The average Bonchev–Trinajstić information content (AvgIpc) is 2.73. The van der Waals surface area contributed by atoms with E-state index in [1.165, 1.54) is 17.0 Å². The second-order valence-corrected chi connectivity index (χ2v) is 7.45. The molecule has 3 aromatic rings. The van der Waals surface area contributed by atoms with Gasteiger partial charge >= 0.3 is 12.0 Å². The average molecular weight is 446 g/mol. The Bertz CT molecular complexity index is 1180. The van der Waals surface area contributed by atoms with Gasteiger partial charge in [0.1, 0.15) is 5.82 Å². The predicted molar refractivity (Wildman–Crippen MR) is 117 cm³/mol. The number of aliphatic carboxylic acids is 1. The van der Waals surface area contributed by atoms with Gasteiger partial charge in [0.2, 0.25) is 0 Å². The third kappa shape index (κ3) is 5.21. The fourth-order valence-corrected chi connectivity index (χ4v) is 3.57. The number of pyridine rings is 1. The molecule has 9 heteroatoms. The van der Waals surface area contributed by atoms with Crippen LogP contribution in [-0.2, 0) is 4.79 Å². The number of carboxylic acids is 1. The minimum atomic E-state index is -0.965. The second kappa shape index (κ2) is 9.61. The van der Waals surface area contributed by atoms with Gasteiger partial charge in [0.15, 0.2) is 0 Å². The first-order chi connectivity index (χ1) is 14.8. The van der Waals surface area contributed by atoms with Gasteiger partial charge in [-0.15, -0.1) is 0 Å². The van der Waals surface area contributed by atoms with Crippen molar-refractivity contribution in [3.63, 3.8) is 0 Å². The molecule has 2 aromatic carbocycles. The van der Waals surface area contributed by atoms with Crippen molar-refractivity contribution in [3.8, 4) is 0 Å². The number of hydrogen-bond acceptors (Lipinski definition) is 3. The Labute approximate surface area is 182 Å². The molecule has 0 saturated carbocycles. The lowest BCUT2D eigenvalue weighted by molar-refractivity contribution is -0.137. The number of nitrogens with zero attached hydrogens (tertiary/aromatic N) is 1. The van der Waals surface area contributed by atoms with Crippen molar-refractivity contribution in [2.75, 3.05) is 11.9 Å². The summed E-state index contributed by atoms with van der Waals surface area (Å²) in [6.45, 7) is 1.94. The summed E-state index contributed by atoms with van der Waals surface area (Å²) in [5, 5.41) is 12.7. The molecule has 0 saturated heterocycles. The quantitative estimate of drug-likeness (QED) is 0.487. The number of carbonyl (C=O) groups excluding carboxylic acids is 1. The summed E-state index contributed by atoms with van der Waals surface area (Å²) in [5.74, 6) is -1.57. The molecule has 0 fully saturated rings. The van der Waals surface area contributed by atoms with E-state index < -0.39 is 23.9 Å². The van der Waals surface area contributed by atoms with Crippen molar-refractivity contribution in [3.05, 3.63) is 75.4 Å². The fourth-order valence-electron chi connectivity index (χ4n) is 3.39. The van der Waals surface area contributed by atoms with Crippen LogP contribution in [0.25, 0.3) is 10.8 Å². The van der Waals surface area contributed by atoms with Gasteiger partial charge in [-0.1, -0.05) is 29.8 Å². The smallest absolute Gasteiger partial charge is 0.322 e. The third-order valence-electron chi connectivity index (χ3n) is 4.98. The number of aromatic amines is 1. The molecular formula is C22H21ClFN3O4. The third-order valence-corrected chi connectivity index (χ3v) is 5.27. The number of nitrogens with one attached hydrogen (secondary N) is 2. The molecule has 1 heterocycles. The molecule has 0 unspecified atom stereocenters. The Morgan fingerprint density at radius 3 is 2.61 bits per heavy atom. The van der Waals surface area contributed by atoms with Crippen LogP contribution in [0.5, 0.6) is 0 Å². The lowest BCUT2D eigenvalue weighted by Gasteiger charge is -2.30. The van der Waals surface area contributed by atoms with Gasteiger partial charge in [-0.2, -0.15) is 0 Å². The summed E-state index contributed by atoms with van der Waals surface area (Å²) < 4.78 is 13.4. The van der Waals surface area contributed by atoms with Crippen LogP contribution in [0.3, 0.4) is 0 Å². The molecule has 2 amide bonds. The number of urea groups is 1. The van der Waals surface area contributed by atoms with Crippen molar-refractivity contribution >= 4 is 40.1 Å². The molecule has 3 rings (SSSR count). The van der Waals surface area contributed by atoms with Crippen LogP contribution in [0.2, 0.25) is 5.02 Å². The number of H-pyrrole nitrogens is 1. The SMILES string of the molecule is C[C@@H](c1c[nH]c(=O)c2ccccc12)N(CCCC(=O)O)C(=O)Nc1ccc(F)c(Cl)c1. The largest absolute Gasteiger partial charge is 0.481 e. The van der Waals surface area contributed by atoms with E-state index in [1.54, 1.807) is 37.4 Å². The molecule has 0 bridgehead atoms. The summed E-state index contributed by atoms with van der Waals surface area (Å²) in [7, 11) is 0. The molecular weight excluding hydrogens is 425 g/mol. The van der Waals surface area contributed by atoms with E-state index in [2.05, 4.69) is 10.3 Å². The molecule has 1 aromatic heterocycles. The molecule has 0 aliphatic heterocycles. The van der Waals surface area contributed by atoms with Crippen molar-refractivity contribution in [1.29, 1.82) is 0 Å². The van der Waals surface area contributed by atoms with Crippen molar-refractivity contribution < 1.29 is 19.1 Å². The Kier molecular flexibility index (Phi) is 6.91. The number of carbonyl (C=O) groups is 2. The highest BCUT2D eigenvalue weighted by atomic mass is 35.5. The number of anilines is 1. The van der Waals surface area contributed by atoms with Crippen LogP contribution in [-0.4, -0.2) is 33.5 Å². The summed E-state index contributed by atoms with van der Waals surface area (Å²) in [6, 6.07) is 9.87. The van der Waals surface area contributed by atoms with Crippen molar-refractivity contribution in [2.24, 2.45) is 0 Å². The van der Waals surface area contributed by atoms with Crippen LogP contribution in [0.4, 0.5) is 14.9 Å². The van der Waals surface area contributed by atoms with Gasteiger partial charge < -0.3 is 20.3 Å². The van der Waals surface area contributed by atoms with Crippen LogP contribution in [0.1, 0.15) is 31.4 Å². The number of rotatable bonds is 7. The van der Waals surface area contributed by atoms with Crippen molar-refractivity contribution in [1.82, 2.24) is 9.88 Å². The van der Waals surface area contributed by atoms with Crippen LogP contribution in [0, 0.1) is 5.82 Å². The maximum atomic E-state index is 13.4. The van der Waals surface area contributed by atoms with Gasteiger partial charge in [-0.25, -0.2) is 9.18 Å². The standard InChI is InChI=1S/C22H21ClFN3O4/c1-13(17-12-25-21(30)16-6-3-2-5-15(16)17)27(10-4-7-20(28)29)22(31)26-14-8-9-19(24)18(23)11-14/h2-3,5-6,8-9,11-13H,4,7,10H2,1H3,(H,25,30)(H,26,31)(H,28,29)/t13-/m0/s1. The highest BCUT2D eigenvalue weighted by Crippen LogP contribution is 2.27. The normalized spacial score (nSPS) is 11.8. The van der Waals surface area contributed by atoms with Gasteiger partial charge in [0.25, 0.3) is 5.56 Å². The molecule has 0 aliphatic rings. The van der Waals surface area contributed by atoms with E-state index in [-0.39, 0.29) is 30.0 Å². The summed E-state index contributed by atoms with van der Waals surface area (Å²) in [6.07, 6.45) is 1.69. The van der Waals surface area contributed by atoms with E-state index in [9.17, 15) is 18.8 Å². The first kappa shape index (κ1) is 22.3. The predicted octanol–water partition coefficient (Wildman–Crippen LogP) is 4.78. The number of hydrogen-bond donors (Lipinski definition) is 3. The maximum absolute atomic E-state index is 13.4. The lowest BCUT2D eigenvalue weighted by atomic mass is 10.0. The van der Waals surface area contributed by atoms with Gasteiger partial charge in [0, 0.05) is 30.2 Å². The molecule has 0 radical (unpaired) electrons. The number of carboxylic acid groups (broad SMARTS) is 1. The minimum absolute atomic E-state index is 0.106. The molecule has 0 aliphatic carbocycles. The number of amides is 2. The van der Waals surface area contributed by atoms with E-state index in [0.717, 1.165) is 6.07 Å². The van der Waals surface area contributed by atoms with Gasteiger partial charge in [-0.3, -0.25) is 9.59 Å². The second-order valence-electron chi connectivity index (χ2n) is 7.04. The maximum Gasteiger partial charge on any atom is 0.322 e. The fraction of sp³-hybridized carbons (Fsp3) is 0.227. The van der Waals surface area contributed by atoms with E-state index in [1.807, 2.05) is 0 Å². The Morgan fingerprint density at radius 1 is 1.23 bits per heavy atom. The van der Waals surface area contributed by atoms with E-state index >= 15 is 0 Å². The summed E-state index contributed by atoms with van der Waals surface area (Å²) in [4.78, 5) is 40.3. The Hall–Kier alpha value is -3.39. The molecule has 1 atom stereocenters. The highest BCUT2D eigenvalue weighted by Gasteiger charge is 2.24. The van der Waals surface area contributed by atoms with Crippen LogP contribution < -0.4 is 10.9 Å². The van der Waals surface area contributed by atoms with Crippen molar-refractivity contribution in [2.45, 2.75) is 25.8 Å². The zero-order valence-corrected chi connectivity index (χ0v) is 17.4. The monoisotopic (exact) mass is 445 g/mol. The lowest BCUT2D eigenvalue weighted by Crippen LogP contribution is -2.38. The molecule has 162 valence electrons. The number of fused-ring (bicyclic) bond motifs is 1. The molecule has 7 nitrogen and oxygen atoms in total. The zero-order valence-electron chi connectivity index (χ0n) is 16.7. The van der Waals surface area contributed by atoms with E-state index in [4.69, 9.17) is 16.7 Å². The number of benzene rings is 2. The minimum Gasteiger partial charge on any atom is -0.481 e. The number of aromatic nitrogens is 1. The first-order valence-corrected chi connectivity index (χ1v) is 10.0. The summed E-state index contributed by atoms with van der Waals surface area (Å²) in [5.41, 5.74) is 0.769. The highest BCUT2D eigenvalue weighted by molar-refractivity contribution is 6.31. The molecule has 31 heavy (non-hydrogen) atoms. The van der Waals surface area contributed by atoms with E-state index in [0.29, 0.717) is 22.0 Å². The van der Waals surface area contributed by atoms with Gasteiger partial charge in [-0.05, 0) is 48.6 Å². The Balaban J connectivity index is 1.93. The molecule has 0 spiro atoms. The van der Waals surface area contributed by atoms with Crippen LogP contribution >= 0.6 is 11.6 Å². The topological polar surface area (TPSA) is 102 Å². The first-order valence-electron chi connectivity index (χ1n) is 9.62. The Morgan fingerprint density at radius 2 is 1.94 bits per heavy atom. The zero-order chi connectivity index (χ0) is 22.5. The summed E-state index contributed by atoms with van der Waals surface area (Å²) >= 11 is 5.80. The number of halogens is 2.